The van der Waals surface area contributed by atoms with Gasteiger partial charge in [-0.1, -0.05) is 12.2 Å². The van der Waals surface area contributed by atoms with Crippen LogP contribution >= 0.6 is 0 Å². The highest BCUT2D eigenvalue weighted by Crippen LogP contribution is 2.37. The molecule has 0 fully saturated rings. The standard InChI is InChI=1S/C15H12N2O3/c1-20-11-6-7-13-12(8-11)15(18)14(17(13)19)9-2-4-10(16)5-3-9/h2-8,16,19H,1H3. The second-order valence-electron chi connectivity index (χ2n) is 4.45. The highest BCUT2D eigenvalue weighted by Gasteiger charge is 2.33. The summed E-state index contributed by atoms with van der Waals surface area (Å²) >= 11 is 0. The van der Waals surface area contributed by atoms with Gasteiger partial charge in [0.15, 0.2) is 0 Å². The van der Waals surface area contributed by atoms with E-state index in [0.717, 1.165) is 5.06 Å². The zero-order valence-corrected chi connectivity index (χ0v) is 10.8. The Morgan fingerprint density at radius 1 is 1.20 bits per heavy atom. The number of carbonyl (C=O) groups excluding carboxylic acids is 1. The average molecular weight is 268 g/mol. The summed E-state index contributed by atoms with van der Waals surface area (Å²) in [4.78, 5) is 12.4. The van der Waals surface area contributed by atoms with Crippen LogP contribution in [0.15, 0.2) is 53.8 Å². The molecule has 0 radical (unpaired) electrons. The van der Waals surface area contributed by atoms with E-state index in [-0.39, 0.29) is 11.5 Å². The van der Waals surface area contributed by atoms with E-state index in [4.69, 9.17) is 10.1 Å². The first kappa shape index (κ1) is 12.4. The molecule has 0 unspecified atom stereocenters. The Morgan fingerprint density at radius 3 is 2.55 bits per heavy atom. The Hall–Kier alpha value is -2.66. The molecule has 1 aromatic rings. The number of Topliss-reactive ketones (excluding diaryl/α,β-unsaturated/α-hetero) is 1. The summed E-state index contributed by atoms with van der Waals surface area (Å²) in [5.74, 6) is 0.299. The molecule has 20 heavy (non-hydrogen) atoms. The highest BCUT2D eigenvalue weighted by atomic mass is 16.5. The van der Waals surface area contributed by atoms with Crippen molar-refractivity contribution in [2.45, 2.75) is 0 Å². The first-order valence-corrected chi connectivity index (χ1v) is 6.02. The molecule has 0 spiro atoms. The molecule has 5 nitrogen and oxygen atoms in total. The third kappa shape index (κ3) is 1.76. The van der Waals surface area contributed by atoms with Gasteiger partial charge < -0.3 is 10.1 Å². The molecule has 100 valence electrons. The topological polar surface area (TPSA) is 73.6 Å². The SMILES string of the molecule is COc1ccc2c(c1)C(=O)C(=C1C=CC(=N)C=C1)N2O. The monoisotopic (exact) mass is 268 g/mol. The molecule has 2 N–H and O–H groups in total. The van der Waals surface area contributed by atoms with Gasteiger partial charge in [-0.3, -0.25) is 10.0 Å². The average Bonchev–Trinajstić information content (AvgIpc) is 2.72. The molecule has 0 aromatic heterocycles. The van der Waals surface area contributed by atoms with Gasteiger partial charge in [0, 0.05) is 5.57 Å². The number of carbonyl (C=O) groups is 1. The number of benzene rings is 1. The molecule has 1 heterocycles. The summed E-state index contributed by atoms with van der Waals surface area (Å²) in [5, 5.41) is 18.5. The Kier molecular flexibility index (Phi) is 2.76. The van der Waals surface area contributed by atoms with E-state index in [9.17, 15) is 10.0 Å². The van der Waals surface area contributed by atoms with Crippen LogP contribution in [0, 0.1) is 5.41 Å². The first-order chi connectivity index (χ1) is 9.61. The number of hydrogen-bond donors (Lipinski definition) is 2. The molecule has 0 saturated heterocycles. The molecular weight excluding hydrogens is 256 g/mol. The molecule has 0 atom stereocenters. The van der Waals surface area contributed by atoms with Crippen LogP contribution < -0.4 is 9.80 Å². The lowest BCUT2D eigenvalue weighted by Crippen LogP contribution is -2.17. The minimum Gasteiger partial charge on any atom is -0.497 e. The number of rotatable bonds is 1. The van der Waals surface area contributed by atoms with Crippen molar-refractivity contribution in [3.8, 4) is 5.75 Å². The van der Waals surface area contributed by atoms with E-state index in [1.54, 1.807) is 42.5 Å². The van der Waals surface area contributed by atoms with Crippen molar-refractivity contribution in [1.82, 2.24) is 0 Å². The Bertz CT molecular complexity index is 696. The van der Waals surface area contributed by atoms with E-state index in [1.165, 1.54) is 7.11 Å². The number of methoxy groups -OCH3 is 1. The van der Waals surface area contributed by atoms with Gasteiger partial charge in [0.05, 0.1) is 24.1 Å². The number of ether oxygens (including phenoxy) is 1. The van der Waals surface area contributed by atoms with Crippen LogP contribution in [0.2, 0.25) is 0 Å². The zero-order chi connectivity index (χ0) is 14.3. The second kappa shape index (κ2) is 4.47. The minimum absolute atomic E-state index is 0.188. The van der Waals surface area contributed by atoms with Crippen LogP contribution in [0.3, 0.4) is 0 Å². The van der Waals surface area contributed by atoms with Crippen LogP contribution in [0.25, 0.3) is 0 Å². The summed E-state index contributed by atoms with van der Waals surface area (Å²) < 4.78 is 5.09. The molecular formula is C15H12N2O3. The van der Waals surface area contributed by atoms with E-state index in [0.29, 0.717) is 28.3 Å². The zero-order valence-electron chi connectivity index (χ0n) is 10.8. The van der Waals surface area contributed by atoms with Crippen molar-refractivity contribution in [2.75, 3.05) is 12.2 Å². The quantitative estimate of drug-likeness (QED) is 0.767. The number of hydrogen-bond acceptors (Lipinski definition) is 5. The normalized spacial score (nSPS) is 17.0. The Morgan fingerprint density at radius 2 is 1.90 bits per heavy atom. The lowest BCUT2D eigenvalue weighted by Gasteiger charge is -2.14. The second-order valence-corrected chi connectivity index (χ2v) is 4.45. The summed E-state index contributed by atoms with van der Waals surface area (Å²) in [6, 6.07) is 4.93. The number of nitrogens with zero attached hydrogens (tertiary/aromatic N) is 1. The van der Waals surface area contributed by atoms with Crippen molar-refractivity contribution < 1.29 is 14.7 Å². The van der Waals surface area contributed by atoms with E-state index >= 15 is 0 Å². The Labute approximate surface area is 115 Å². The van der Waals surface area contributed by atoms with Crippen LogP contribution in [-0.2, 0) is 0 Å². The lowest BCUT2D eigenvalue weighted by atomic mass is 10.0. The predicted octanol–water partition coefficient (Wildman–Crippen LogP) is 2.49. The molecule has 2 aliphatic rings. The van der Waals surface area contributed by atoms with Crippen LogP contribution in [0.1, 0.15) is 10.4 Å². The van der Waals surface area contributed by atoms with Gasteiger partial charge in [0.2, 0.25) is 5.78 Å². The molecule has 1 aliphatic carbocycles. The van der Waals surface area contributed by atoms with Gasteiger partial charge in [0.1, 0.15) is 11.4 Å². The molecule has 0 bridgehead atoms. The smallest absolute Gasteiger partial charge is 0.214 e. The molecule has 3 rings (SSSR count). The lowest BCUT2D eigenvalue weighted by molar-refractivity contribution is 0.102. The molecule has 1 aliphatic heterocycles. The number of anilines is 1. The van der Waals surface area contributed by atoms with Crippen LogP contribution in [-0.4, -0.2) is 23.8 Å². The van der Waals surface area contributed by atoms with Crippen LogP contribution in [0.4, 0.5) is 5.69 Å². The fraction of sp³-hybridized carbons (Fsp3) is 0.0667. The summed E-state index contributed by atoms with van der Waals surface area (Å²) in [6.07, 6.45) is 6.43. The highest BCUT2D eigenvalue weighted by molar-refractivity contribution is 6.20. The Balaban J connectivity index is 2.12. The van der Waals surface area contributed by atoms with Crippen molar-refractivity contribution in [1.29, 1.82) is 5.41 Å². The summed E-state index contributed by atoms with van der Waals surface area (Å²) in [7, 11) is 1.52. The fourth-order valence-electron chi connectivity index (χ4n) is 2.23. The third-order valence-corrected chi connectivity index (χ3v) is 3.26. The van der Waals surface area contributed by atoms with Gasteiger partial charge in [-0.15, -0.1) is 0 Å². The summed E-state index contributed by atoms with van der Waals surface area (Å²) in [5.41, 5.74) is 1.94. The number of ketones is 1. The molecule has 0 saturated carbocycles. The minimum atomic E-state index is -0.265. The molecule has 0 amide bonds. The van der Waals surface area contributed by atoms with E-state index in [2.05, 4.69) is 0 Å². The van der Waals surface area contributed by atoms with Gasteiger partial charge in [-0.05, 0) is 30.4 Å². The first-order valence-electron chi connectivity index (χ1n) is 6.02. The van der Waals surface area contributed by atoms with Crippen LogP contribution in [0.5, 0.6) is 5.75 Å². The number of nitrogens with one attached hydrogen (secondary N) is 1. The summed E-state index contributed by atoms with van der Waals surface area (Å²) in [6.45, 7) is 0. The van der Waals surface area contributed by atoms with Gasteiger partial charge in [-0.25, -0.2) is 5.06 Å². The van der Waals surface area contributed by atoms with Crippen molar-refractivity contribution in [3.05, 3.63) is 59.3 Å². The van der Waals surface area contributed by atoms with E-state index in [1.807, 2.05) is 0 Å². The van der Waals surface area contributed by atoms with Crippen molar-refractivity contribution >= 4 is 17.2 Å². The maximum absolute atomic E-state index is 12.4. The maximum atomic E-state index is 12.4. The van der Waals surface area contributed by atoms with Gasteiger partial charge in [0.25, 0.3) is 0 Å². The van der Waals surface area contributed by atoms with Gasteiger partial charge in [-0.2, -0.15) is 0 Å². The number of allylic oxidation sites excluding steroid dienone is 6. The molecule has 1 aromatic carbocycles. The van der Waals surface area contributed by atoms with E-state index < -0.39 is 0 Å². The fourth-order valence-corrected chi connectivity index (χ4v) is 2.23. The van der Waals surface area contributed by atoms with Gasteiger partial charge >= 0.3 is 0 Å². The van der Waals surface area contributed by atoms with Crippen molar-refractivity contribution in [3.63, 3.8) is 0 Å². The third-order valence-electron chi connectivity index (χ3n) is 3.26. The number of fused-ring (bicyclic) bond motifs is 1. The molecule has 5 heteroatoms. The van der Waals surface area contributed by atoms with Crippen molar-refractivity contribution in [2.24, 2.45) is 0 Å². The largest absolute Gasteiger partial charge is 0.497 e. The number of hydroxylamine groups is 1. The predicted molar refractivity (Wildman–Crippen MR) is 74.6 cm³/mol. The maximum Gasteiger partial charge on any atom is 0.214 e.